The fraction of sp³-hybridized carbons (Fsp3) is 0.318. The van der Waals surface area contributed by atoms with Crippen molar-refractivity contribution in [1.29, 1.82) is 0 Å². The van der Waals surface area contributed by atoms with E-state index in [0.29, 0.717) is 17.4 Å². The molecule has 1 fully saturated rings. The van der Waals surface area contributed by atoms with Gasteiger partial charge in [-0.25, -0.2) is 4.98 Å². The molecule has 2 aromatic heterocycles. The van der Waals surface area contributed by atoms with Gasteiger partial charge in [-0.05, 0) is 66.5 Å². The minimum atomic E-state index is 0.0764. The van der Waals surface area contributed by atoms with Gasteiger partial charge in [0.2, 0.25) is 5.91 Å². The minimum Gasteiger partial charge on any atom is -0.398 e. The molecule has 4 rings (SSSR count). The summed E-state index contributed by atoms with van der Waals surface area (Å²) in [6.45, 7) is 4.21. The van der Waals surface area contributed by atoms with E-state index < -0.39 is 0 Å². The van der Waals surface area contributed by atoms with Crippen molar-refractivity contribution in [1.82, 2.24) is 9.97 Å². The van der Waals surface area contributed by atoms with Gasteiger partial charge < -0.3 is 11.1 Å². The maximum atomic E-state index is 12.4. The van der Waals surface area contributed by atoms with Crippen LogP contribution in [0.15, 0.2) is 42.9 Å². The van der Waals surface area contributed by atoms with Crippen LogP contribution in [0.3, 0.4) is 0 Å². The van der Waals surface area contributed by atoms with Gasteiger partial charge in [0, 0.05) is 41.1 Å². The number of rotatable bonds is 5. The molecule has 0 spiro atoms. The number of fused-ring (bicyclic) bond motifs is 1. The third kappa shape index (κ3) is 3.50. The van der Waals surface area contributed by atoms with Gasteiger partial charge >= 0.3 is 0 Å². The molecule has 1 amide bonds. The van der Waals surface area contributed by atoms with Gasteiger partial charge in [-0.2, -0.15) is 0 Å². The van der Waals surface area contributed by atoms with E-state index >= 15 is 0 Å². The molecule has 0 bridgehead atoms. The number of aryl methyl sites for hydroxylation is 1. The van der Waals surface area contributed by atoms with Gasteiger partial charge in [0.15, 0.2) is 0 Å². The third-order valence-electron chi connectivity index (χ3n) is 5.39. The number of anilines is 2. The highest BCUT2D eigenvalue weighted by atomic mass is 16.2. The van der Waals surface area contributed by atoms with E-state index in [4.69, 9.17) is 5.73 Å². The minimum absolute atomic E-state index is 0.0764. The molecular weight excluding hydrogens is 336 g/mol. The lowest BCUT2D eigenvalue weighted by Crippen LogP contribution is -2.15. The van der Waals surface area contributed by atoms with Crippen LogP contribution in [0.4, 0.5) is 11.5 Å². The van der Waals surface area contributed by atoms with Gasteiger partial charge in [0.1, 0.15) is 5.82 Å². The molecule has 0 aliphatic heterocycles. The van der Waals surface area contributed by atoms with Crippen LogP contribution in [0.1, 0.15) is 31.7 Å². The van der Waals surface area contributed by atoms with Crippen molar-refractivity contribution in [3.63, 3.8) is 0 Å². The molecule has 3 aromatic rings. The van der Waals surface area contributed by atoms with Crippen molar-refractivity contribution >= 4 is 28.2 Å². The first-order valence-corrected chi connectivity index (χ1v) is 9.48. The SMILES string of the molecule is CCC[C@H]1CC1C(=O)Nc1cc2cc(-c3cnccc3C)cc(N)c2cn1. The number of carbonyl (C=O) groups excluding carboxylic acids is 1. The lowest BCUT2D eigenvalue weighted by atomic mass is 9.99. The first kappa shape index (κ1) is 17.5. The normalized spacial score (nSPS) is 18.4. The van der Waals surface area contributed by atoms with Crippen LogP contribution < -0.4 is 11.1 Å². The molecule has 1 aliphatic rings. The second-order valence-electron chi connectivity index (χ2n) is 7.43. The Hall–Kier alpha value is -2.95. The van der Waals surface area contributed by atoms with E-state index in [1.54, 1.807) is 12.4 Å². The van der Waals surface area contributed by atoms with E-state index in [2.05, 4.69) is 35.2 Å². The van der Waals surface area contributed by atoms with Crippen LogP contribution in [0.5, 0.6) is 0 Å². The maximum Gasteiger partial charge on any atom is 0.228 e. The fourth-order valence-corrected chi connectivity index (χ4v) is 3.75. The number of amides is 1. The largest absolute Gasteiger partial charge is 0.398 e. The van der Waals surface area contributed by atoms with E-state index in [9.17, 15) is 4.79 Å². The van der Waals surface area contributed by atoms with E-state index in [1.807, 2.05) is 24.4 Å². The van der Waals surface area contributed by atoms with E-state index in [1.165, 1.54) is 0 Å². The highest BCUT2D eigenvalue weighted by molar-refractivity contribution is 6.00. The Morgan fingerprint density at radius 1 is 1.30 bits per heavy atom. The van der Waals surface area contributed by atoms with Gasteiger partial charge in [-0.1, -0.05) is 13.3 Å². The molecule has 1 aliphatic carbocycles. The zero-order valence-electron chi connectivity index (χ0n) is 15.7. The smallest absolute Gasteiger partial charge is 0.228 e. The van der Waals surface area contributed by atoms with E-state index in [0.717, 1.165) is 46.7 Å². The molecule has 0 radical (unpaired) electrons. The topological polar surface area (TPSA) is 80.9 Å². The standard InChI is InChI=1S/C22H24N4O/c1-3-4-14-8-17(14)22(27)26-21-10-16-7-15(9-20(23)19(16)12-25-21)18-11-24-6-5-13(18)2/h5-7,9-12,14,17H,3-4,8,23H2,1-2H3,(H,25,26,27)/t14-,17?/m0/s1. The highest BCUT2D eigenvalue weighted by Gasteiger charge is 2.41. The fourth-order valence-electron chi connectivity index (χ4n) is 3.75. The van der Waals surface area contributed by atoms with Crippen LogP contribution in [-0.4, -0.2) is 15.9 Å². The Morgan fingerprint density at radius 2 is 2.15 bits per heavy atom. The number of hydrogen-bond acceptors (Lipinski definition) is 4. The molecule has 1 saturated carbocycles. The van der Waals surface area contributed by atoms with Crippen molar-refractivity contribution in [2.24, 2.45) is 11.8 Å². The lowest BCUT2D eigenvalue weighted by molar-refractivity contribution is -0.117. The summed E-state index contributed by atoms with van der Waals surface area (Å²) < 4.78 is 0. The number of nitrogen functional groups attached to an aromatic ring is 1. The summed E-state index contributed by atoms with van der Waals surface area (Å²) in [4.78, 5) is 21.0. The predicted octanol–water partition coefficient (Wildman–Crippen LogP) is 4.56. The summed E-state index contributed by atoms with van der Waals surface area (Å²) in [6.07, 6.45) is 8.60. The summed E-state index contributed by atoms with van der Waals surface area (Å²) >= 11 is 0. The average Bonchev–Trinajstić information content (AvgIpc) is 3.41. The molecule has 138 valence electrons. The summed E-state index contributed by atoms with van der Waals surface area (Å²) in [7, 11) is 0. The average molecular weight is 360 g/mol. The van der Waals surface area contributed by atoms with Gasteiger partial charge in [-0.3, -0.25) is 9.78 Å². The first-order valence-electron chi connectivity index (χ1n) is 9.48. The molecule has 5 nitrogen and oxygen atoms in total. The van der Waals surface area contributed by atoms with Crippen molar-refractivity contribution < 1.29 is 4.79 Å². The van der Waals surface area contributed by atoms with Crippen molar-refractivity contribution in [3.8, 4) is 11.1 Å². The predicted molar refractivity (Wildman–Crippen MR) is 109 cm³/mol. The quantitative estimate of drug-likeness (QED) is 0.654. The Morgan fingerprint density at radius 3 is 2.93 bits per heavy atom. The number of nitrogens with one attached hydrogen (secondary N) is 1. The van der Waals surface area contributed by atoms with Crippen LogP contribution in [0.25, 0.3) is 21.9 Å². The van der Waals surface area contributed by atoms with Crippen molar-refractivity contribution in [2.75, 3.05) is 11.1 Å². The summed E-state index contributed by atoms with van der Waals surface area (Å²) in [5.41, 5.74) is 10.1. The molecular formula is C22H24N4O. The first-order chi connectivity index (χ1) is 13.1. The van der Waals surface area contributed by atoms with Crippen LogP contribution in [0, 0.1) is 18.8 Å². The van der Waals surface area contributed by atoms with Gasteiger partial charge in [0.25, 0.3) is 0 Å². The van der Waals surface area contributed by atoms with Crippen LogP contribution in [-0.2, 0) is 4.79 Å². The molecule has 27 heavy (non-hydrogen) atoms. The molecule has 1 aromatic carbocycles. The summed E-state index contributed by atoms with van der Waals surface area (Å²) in [6, 6.07) is 7.90. The number of nitrogens with two attached hydrogens (primary N) is 1. The number of pyridine rings is 2. The van der Waals surface area contributed by atoms with Crippen LogP contribution in [0.2, 0.25) is 0 Å². The second-order valence-corrected chi connectivity index (χ2v) is 7.43. The van der Waals surface area contributed by atoms with E-state index in [-0.39, 0.29) is 11.8 Å². The molecule has 0 saturated heterocycles. The number of aromatic nitrogens is 2. The maximum absolute atomic E-state index is 12.4. The van der Waals surface area contributed by atoms with Gasteiger partial charge in [0.05, 0.1) is 0 Å². The second kappa shape index (κ2) is 6.99. The van der Waals surface area contributed by atoms with Crippen molar-refractivity contribution in [3.05, 3.63) is 48.4 Å². The summed E-state index contributed by atoms with van der Waals surface area (Å²) in [5.74, 6) is 1.32. The molecule has 2 atom stereocenters. The highest BCUT2D eigenvalue weighted by Crippen LogP contribution is 2.42. The zero-order chi connectivity index (χ0) is 19.0. The lowest BCUT2D eigenvalue weighted by Gasteiger charge is -2.11. The zero-order valence-corrected chi connectivity index (χ0v) is 15.7. The Bertz CT molecular complexity index is 1010. The molecule has 1 unspecified atom stereocenters. The van der Waals surface area contributed by atoms with Crippen molar-refractivity contribution in [2.45, 2.75) is 33.1 Å². The summed E-state index contributed by atoms with van der Waals surface area (Å²) in [5, 5.41) is 4.81. The molecule has 2 heterocycles. The number of benzene rings is 1. The Labute approximate surface area is 159 Å². The molecule has 3 N–H and O–H groups in total. The monoisotopic (exact) mass is 360 g/mol. The molecule has 5 heteroatoms. The van der Waals surface area contributed by atoms with Gasteiger partial charge in [-0.15, -0.1) is 0 Å². The number of carbonyl (C=O) groups is 1. The van der Waals surface area contributed by atoms with Crippen LogP contribution >= 0.6 is 0 Å². The Balaban J connectivity index is 1.63. The third-order valence-corrected chi connectivity index (χ3v) is 5.39. The number of hydrogen-bond donors (Lipinski definition) is 2. The number of nitrogens with zero attached hydrogens (tertiary/aromatic N) is 2. The Kier molecular flexibility index (Phi) is 4.52.